The number of nitrogens with zero attached hydrogens (tertiary/aromatic N) is 5. The van der Waals surface area contributed by atoms with Crippen molar-refractivity contribution in [3.63, 3.8) is 0 Å². The molecule has 0 saturated carbocycles. The number of alkyl halides is 2. The molecule has 0 radical (unpaired) electrons. The first-order valence-electron chi connectivity index (χ1n) is 9.00. The largest absolute Gasteiger partial charge is 0.471 e. The molecule has 2 aromatic rings. The minimum Gasteiger partial charge on any atom is -0.471 e. The molecular weight excluding hydrogens is 368 g/mol. The molecule has 0 aromatic carbocycles. The molecule has 0 aliphatic heterocycles. The van der Waals surface area contributed by atoms with Crippen LogP contribution in [-0.2, 0) is 0 Å². The molecule has 152 valence electrons. The lowest BCUT2D eigenvalue weighted by Gasteiger charge is -2.25. The zero-order valence-electron chi connectivity index (χ0n) is 16.5. The Kier molecular flexibility index (Phi) is 7.60. The van der Waals surface area contributed by atoms with Crippen molar-refractivity contribution >= 4 is 11.9 Å². The standard InChI is InChI=1S/C19H25F2N5O2/c1-5-26(10-9-25(4)19-23-13(2)11-14(3)24-19)18(27)15-7-6-8-22-17(15)28-12-16(20)21/h6-8,11,16H,5,9-10,12H2,1-4H3. The Labute approximate surface area is 163 Å². The van der Waals surface area contributed by atoms with Crippen LogP contribution in [0, 0.1) is 13.8 Å². The van der Waals surface area contributed by atoms with Crippen LogP contribution >= 0.6 is 0 Å². The van der Waals surface area contributed by atoms with Crippen LogP contribution < -0.4 is 9.64 Å². The van der Waals surface area contributed by atoms with Gasteiger partial charge in [-0.1, -0.05) is 0 Å². The summed E-state index contributed by atoms with van der Waals surface area (Å²) < 4.78 is 29.9. The van der Waals surface area contributed by atoms with Gasteiger partial charge in [-0.3, -0.25) is 4.79 Å². The van der Waals surface area contributed by atoms with Gasteiger partial charge in [-0.05, 0) is 39.0 Å². The molecular formula is C19H25F2N5O2. The third-order valence-electron chi connectivity index (χ3n) is 4.03. The van der Waals surface area contributed by atoms with Crippen LogP contribution in [0.15, 0.2) is 24.4 Å². The quantitative estimate of drug-likeness (QED) is 0.652. The molecule has 0 spiro atoms. The number of hydrogen-bond donors (Lipinski definition) is 0. The molecule has 0 atom stereocenters. The number of likely N-dealkylation sites (N-methyl/N-ethyl adjacent to an activating group) is 2. The lowest BCUT2D eigenvalue weighted by Crippen LogP contribution is -2.38. The fraction of sp³-hybridized carbons (Fsp3) is 0.474. The molecule has 0 saturated heterocycles. The van der Waals surface area contributed by atoms with Gasteiger partial charge in [0.25, 0.3) is 12.3 Å². The number of halogens is 2. The number of pyridine rings is 1. The zero-order valence-corrected chi connectivity index (χ0v) is 16.5. The minimum absolute atomic E-state index is 0.0859. The monoisotopic (exact) mass is 393 g/mol. The highest BCUT2D eigenvalue weighted by atomic mass is 19.3. The van der Waals surface area contributed by atoms with E-state index < -0.39 is 13.0 Å². The number of carbonyl (C=O) groups excluding carboxylic acids is 1. The molecule has 2 rings (SSSR count). The Hall–Kier alpha value is -2.84. The average molecular weight is 393 g/mol. The molecule has 1 amide bonds. The van der Waals surface area contributed by atoms with Crippen molar-refractivity contribution in [1.29, 1.82) is 0 Å². The Bertz CT molecular complexity index is 783. The maximum atomic E-state index is 12.9. The van der Waals surface area contributed by atoms with Crippen LogP contribution in [0.1, 0.15) is 28.7 Å². The molecule has 0 bridgehead atoms. The topological polar surface area (TPSA) is 71.5 Å². The predicted octanol–water partition coefficient (Wildman–Crippen LogP) is 2.73. The second-order valence-corrected chi connectivity index (χ2v) is 6.32. The lowest BCUT2D eigenvalue weighted by atomic mass is 10.2. The number of aromatic nitrogens is 3. The number of hydrogen-bond acceptors (Lipinski definition) is 6. The molecule has 7 nitrogen and oxygen atoms in total. The SMILES string of the molecule is CCN(CCN(C)c1nc(C)cc(C)n1)C(=O)c1cccnc1OCC(F)F. The first-order valence-corrected chi connectivity index (χ1v) is 9.00. The summed E-state index contributed by atoms with van der Waals surface area (Å²) in [5.41, 5.74) is 1.90. The van der Waals surface area contributed by atoms with Crippen molar-refractivity contribution < 1.29 is 18.3 Å². The second-order valence-electron chi connectivity index (χ2n) is 6.32. The van der Waals surface area contributed by atoms with Gasteiger partial charge in [0.1, 0.15) is 5.56 Å². The predicted molar refractivity (Wildman–Crippen MR) is 102 cm³/mol. The van der Waals surface area contributed by atoms with Crippen molar-refractivity contribution in [2.75, 3.05) is 38.2 Å². The van der Waals surface area contributed by atoms with E-state index in [2.05, 4.69) is 15.0 Å². The number of aryl methyl sites for hydroxylation is 2. The number of carbonyl (C=O) groups is 1. The summed E-state index contributed by atoms with van der Waals surface area (Å²) in [7, 11) is 1.85. The molecule has 0 fully saturated rings. The highest BCUT2D eigenvalue weighted by Crippen LogP contribution is 2.18. The van der Waals surface area contributed by atoms with E-state index in [4.69, 9.17) is 4.74 Å². The van der Waals surface area contributed by atoms with Gasteiger partial charge in [0, 0.05) is 44.3 Å². The first kappa shape index (κ1) is 21.5. The molecule has 9 heteroatoms. The van der Waals surface area contributed by atoms with Crippen LogP contribution in [0.5, 0.6) is 5.88 Å². The Morgan fingerprint density at radius 2 is 1.89 bits per heavy atom. The summed E-state index contributed by atoms with van der Waals surface area (Å²) in [4.78, 5) is 29.1. The van der Waals surface area contributed by atoms with E-state index >= 15 is 0 Å². The Balaban J connectivity index is 2.07. The van der Waals surface area contributed by atoms with E-state index in [0.29, 0.717) is 25.6 Å². The van der Waals surface area contributed by atoms with Gasteiger partial charge >= 0.3 is 0 Å². The molecule has 0 aliphatic carbocycles. The van der Waals surface area contributed by atoms with Crippen molar-refractivity contribution in [3.8, 4) is 5.88 Å². The fourth-order valence-corrected chi connectivity index (χ4v) is 2.63. The van der Waals surface area contributed by atoms with Crippen LogP contribution in [0.3, 0.4) is 0 Å². The summed E-state index contributed by atoms with van der Waals surface area (Å²) in [5.74, 6) is 0.176. The van der Waals surface area contributed by atoms with E-state index in [0.717, 1.165) is 11.4 Å². The van der Waals surface area contributed by atoms with Crippen molar-refractivity contribution in [1.82, 2.24) is 19.9 Å². The van der Waals surface area contributed by atoms with E-state index in [1.165, 1.54) is 12.3 Å². The third kappa shape index (κ3) is 5.83. The van der Waals surface area contributed by atoms with Crippen LogP contribution in [-0.4, -0.2) is 65.5 Å². The molecule has 0 aliphatic rings. The van der Waals surface area contributed by atoms with E-state index in [1.807, 2.05) is 38.8 Å². The van der Waals surface area contributed by atoms with Gasteiger partial charge in [-0.15, -0.1) is 0 Å². The van der Waals surface area contributed by atoms with Gasteiger partial charge in [0.2, 0.25) is 11.8 Å². The molecule has 2 heterocycles. The molecule has 2 aromatic heterocycles. The van der Waals surface area contributed by atoms with Crippen molar-refractivity contribution in [3.05, 3.63) is 41.3 Å². The lowest BCUT2D eigenvalue weighted by molar-refractivity contribution is 0.0710. The van der Waals surface area contributed by atoms with Crippen molar-refractivity contribution in [2.24, 2.45) is 0 Å². The molecule has 0 unspecified atom stereocenters. The average Bonchev–Trinajstić information content (AvgIpc) is 2.65. The highest BCUT2D eigenvalue weighted by Gasteiger charge is 2.21. The minimum atomic E-state index is -2.64. The maximum Gasteiger partial charge on any atom is 0.272 e. The van der Waals surface area contributed by atoms with Gasteiger partial charge in [-0.25, -0.2) is 23.7 Å². The van der Waals surface area contributed by atoms with Gasteiger partial charge in [0.05, 0.1) is 0 Å². The number of rotatable bonds is 9. The fourth-order valence-electron chi connectivity index (χ4n) is 2.63. The number of anilines is 1. The summed E-state index contributed by atoms with van der Waals surface area (Å²) in [6, 6.07) is 4.99. The summed E-state index contributed by atoms with van der Waals surface area (Å²) in [6.07, 6.45) is -1.24. The first-order chi connectivity index (χ1) is 13.3. The third-order valence-corrected chi connectivity index (χ3v) is 4.03. The normalized spacial score (nSPS) is 10.8. The summed E-state index contributed by atoms with van der Waals surface area (Å²) >= 11 is 0. The van der Waals surface area contributed by atoms with E-state index in [1.54, 1.807) is 11.0 Å². The van der Waals surface area contributed by atoms with E-state index in [9.17, 15) is 13.6 Å². The van der Waals surface area contributed by atoms with Gasteiger partial charge in [0.15, 0.2) is 6.61 Å². The Morgan fingerprint density at radius 3 is 2.50 bits per heavy atom. The number of amides is 1. The second kappa shape index (κ2) is 9.91. The van der Waals surface area contributed by atoms with Crippen LogP contribution in [0.4, 0.5) is 14.7 Å². The van der Waals surface area contributed by atoms with Crippen LogP contribution in [0.25, 0.3) is 0 Å². The highest BCUT2D eigenvalue weighted by molar-refractivity contribution is 5.96. The maximum absolute atomic E-state index is 12.9. The number of ether oxygens (including phenoxy) is 1. The van der Waals surface area contributed by atoms with Gasteiger partial charge in [-0.2, -0.15) is 0 Å². The Morgan fingerprint density at radius 1 is 1.21 bits per heavy atom. The zero-order chi connectivity index (χ0) is 20.7. The smallest absolute Gasteiger partial charge is 0.272 e. The summed E-state index contributed by atoms with van der Waals surface area (Å²) in [6.45, 7) is 6.21. The van der Waals surface area contributed by atoms with E-state index in [-0.39, 0.29) is 17.4 Å². The van der Waals surface area contributed by atoms with Gasteiger partial charge < -0.3 is 14.5 Å². The van der Waals surface area contributed by atoms with Crippen LogP contribution in [0.2, 0.25) is 0 Å². The molecule has 0 N–H and O–H groups in total. The molecule has 28 heavy (non-hydrogen) atoms. The summed E-state index contributed by atoms with van der Waals surface area (Å²) in [5, 5.41) is 0. The van der Waals surface area contributed by atoms with Crippen molar-refractivity contribution in [2.45, 2.75) is 27.2 Å².